The van der Waals surface area contributed by atoms with Gasteiger partial charge in [-0.25, -0.2) is 4.98 Å². The maximum absolute atomic E-state index is 11.6. The highest BCUT2D eigenvalue weighted by Crippen LogP contribution is 2.36. The van der Waals surface area contributed by atoms with Crippen molar-refractivity contribution in [3.05, 3.63) is 18.2 Å². The second-order valence-electron chi connectivity index (χ2n) is 5.73. The topological polar surface area (TPSA) is 67.2 Å². The van der Waals surface area contributed by atoms with Crippen molar-refractivity contribution in [2.24, 2.45) is 0 Å². The monoisotopic (exact) mass is 265 g/mol. The Balaban J connectivity index is 2.26. The SMILES string of the molecule is CNC1(C(=O)O)CCCC(n2ccnc2C(C)C)C1. The zero-order valence-corrected chi connectivity index (χ0v) is 11.9. The third-order valence-electron chi connectivity index (χ3n) is 4.22. The number of aliphatic carboxylic acids is 1. The maximum Gasteiger partial charge on any atom is 0.323 e. The number of carboxylic acid groups (broad SMARTS) is 1. The number of nitrogens with zero attached hydrogens (tertiary/aromatic N) is 2. The normalized spacial score (nSPS) is 27.7. The lowest BCUT2D eigenvalue weighted by atomic mass is 9.79. The number of likely N-dealkylation sites (N-methyl/N-ethyl adjacent to an activating group) is 1. The molecule has 1 saturated carbocycles. The summed E-state index contributed by atoms with van der Waals surface area (Å²) in [5.41, 5.74) is -0.790. The van der Waals surface area contributed by atoms with Crippen LogP contribution in [0.1, 0.15) is 57.3 Å². The van der Waals surface area contributed by atoms with Crippen molar-refractivity contribution in [3.8, 4) is 0 Å². The molecule has 0 aromatic carbocycles. The fourth-order valence-electron chi connectivity index (χ4n) is 3.09. The van der Waals surface area contributed by atoms with Crippen molar-refractivity contribution in [3.63, 3.8) is 0 Å². The first-order chi connectivity index (χ1) is 9.00. The first-order valence-electron chi connectivity index (χ1n) is 6.95. The molecule has 0 saturated heterocycles. The number of rotatable bonds is 4. The molecule has 0 radical (unpaired) electrons. The van der Waals surface area contributed by atoms with Gasteiger partial charge in [0.1, 0.15) is 11.4 Å². The van der Waals surface area contributed by atoms with Crippen molar-refractivity contribution in [2.45, 2.75) is 57.0 Å². The minimum atomic E-state index is -0.790. The van der Waals surface area contributed by atoms with Crippen molar-refractivity contribution < 1.29 is 9.90 Å². The van der Waals surface area contributed by atoms with E-state index in [4.69, 9.17) is 0 Å². The van der Waals surface area contributed by atoms with Crippen LogP contribution in [0.4, 0.5) is 0 Å². The van der Waals surface area contributed by atoms with E-state index in [1.165, 1.54) is 0 Å². The summed E-state index contributed by atoms with van der Waals surface area (Å²) in [6.07, 6.45) is 7.05. The summed E-state index contributed by atoms with van der Waals surface area (Å²) in [6.45, 7) is 4.23. The Morgan fingerprint density at radius 3 is 2.95 bits per heavy atom. The van der Waals surface area contributed by atoms with Gasteiger partial charge in [0, 0.05) is 24.4 Å². The van der Waals surface area contributed by atoms with Gasteiger partial charge in [-0.1, -0.05) is 13.8 Å². The van der Waals surface area contributed by atoms with E-state index < -0.39 is 11.5 Å². The summed E-state index contributed by atoms with van der Waals surface area (Å²) >= 11 is 0. The zero-order valence-electron chi connectivity index (χ0n) is 11.9. The van der Waals surface area contributed by atoms with Crippen LogP contribution in [0.5, 0.6) is 0 Å². The molecule has 0 aliphatic heterocycles. The van der Waals surface area contributed by atoms with E-state index in [0.717, 1.165) is 18.7 Å². The second-order valence-corrected chi connectivity index (χ2v) is 5.73. The largest absolute Gasteiger partial charge is 0.480 e. The molecule has 0 spiro atoms. The molecule has 1 aromatic rings. The molecule has 0 bridgehead atoms. The molecule has 106 valence electrons. The summed E-state index contributed by atoms with van der Waals surface area (Å²) in [6, 6.07) is 0.220. The average molecular weight is 265 g/mol. The van der Waals surface area contributed by atoms with Gasteiger partial charge in [-0.15, -0.1) is 0 Å². The van der Waals surface area contributed by atoms with E-state index in [2.05, 4.69) is 28.7 Å². The Hall–Kier alpha value is -1.36. The van der Waals surface area contributed by atoms with Gasteiger partial charge in [-0.3, -0.25) is 4.79 Å². The standard InChI is InChI=1S/C14H23N3O2/c1-10(2)12-16-7-8-17(12)11-5-4-6-14(9-11,15-3)13(18)19/h7-8,10-11,15H,4-6,9H2,1-3H3,(H,18,19). The minimum absolute atomic E-state index is 0.220. The van der Waals surface area contributed by atoms with Gasteiger partial charge in [-0.2, -0.15) is 0 Å². The minimum Gasteiger partial charge on any atom is -0.480 e. The molecular weight excluding hydrogens is 242 g/mol. The Morgan fingerprint density at radius 1 is 1.63 bits per heavy atom. The molecule has 2 rings (SSSR count). The van der Waals surface area contributed by atoms with E-state index in [9.17, 15) is 9.90 Å². The first-order valence-corrected chi connectivity index (χ1v) is 6.95. The third-order valence-corrected chi connectivity index (χ3v) is 4.22. The Kier molecular flexibility index (Phi) is 3.94. The van der Waals surface area contributed by atoms with Crippen molar-refractivity contribution >= 4 is 5.97 Å². The van der Waals surface area contributed by atoms with Gasteiger partial charge in [0.2, 0.25) is 0 Å². The molecule has 1 aliphatic rings. The van der Waals surface area contributed by atoms with Crippen LogP contribution in [-0.2, 0) is 4.79 Å². The summed E-state index contributed by atoms with van der Waals surface area (Å²) in [5.74, 6) is 0.652. The van der Waals surface area contributed by atoms with Crippen LogP contribution in [0.3, 0.4) is 0 Å². The van der Waals surface area contributed by atoms with Crippen LogP contribution in [0.25, 0.3) is 0 Å². The van der Waals surface area contributed by atoms with Crippen LogP contribution in [0, 0.1) is 0 Å². The molecular formula is C14H23N3O2. The number of imidazole rings is 1. The summed E-state index contributed by atoms with van der Waals surface area (Å²) in [4.78, 5) is 16.0. The average Bonchev–Trinajstić information content (AvgIpc) is 2.88. The van der Waals surface area contributed by atoms with Crippen molar-refractivity contribution in [1.29, 1.82) is 0 Å². The Morgan fingerprint density at radius 2 is 2.37 bits per heavy atom. The molecule has 5 heteroatoms. The second kappa shape index (κ2) is 5.33. The molecule has 1 heterocycles. The molecule has 1 fully saturated rings. The number of hydrogen-bond acceptors (Lipinski definition) is 3. The van der Waals surface area contributed by atoms with Gasteiger partial charge in [0.15, 0.2) is 0 Å². The molecule has 19 heavy (non-hydrogen) atoms. The van der Waals surface area contributed by atoms with Crippen LogP contribution in [-0.4, -0.2) is 33.2 Å². The predicted octanol–water partition coefficient (Wildman–Crippen LogP) is 2.16. The zero-order chi connectivity index (χ0) is 14.0. The molecule has 2 atom stereocenters. The van der Waals surface area contributed by atoms with Crippen LogP contribution in [0.2, 0.25) is 0 Å². The van der Waals surface area contributed by atoms with E-state index >= 15 is 0 Å². The lowest BCUT2D eigenvalue weighted by Gasteiger charge is -2.38. The van der Waals surface area contributed by atoms with E-state index in [1.807, 2.05) is 12.4 Å². The number of aromatic nitrogens is 2. The lowest BCUT2D eigenvalue weighted by molar-refractivity contribution is -0.146. The molecule has 1 aromatic heterocycles. The predicted molar refractivity (Wildman–Crippen MR) is 73.2 cm³/mol. The van der Waals surface area contributed by atoms with Crippen LogP contribution >= 0.6 is 0 Å². The smallest absolute Gasteiger partial charge is 0.323 e. The highest BCUT2D eigenvalue weighted by Gasteiger charge is 2.42. The summed E-state index contributed by atoms with van der Waals surface area (Å²) in [5, 5.41) is 12.5. The lowest BCUT2D eigenvalue weighted by Crippen LogP contribution is -2.53. The number of hydrogen-bond donors (Lipinski definition) is 2. The molecule has 5 nitrogen and oxygen atoms in total. The van der Waals surface area contributed by atoms with Gasteiger partial charge >= 0.3 is 5.97 Å². The third kappa shape index (κ3) is 2.52. The maximum atomic E-state index is 11.6. The fourth-order valence-corrected chi connectivity index (χ4v) is 3.09. The molecule has 2 unspecified atom stereocenters. The van der Waals surface area contributed by atoms with Crippen molar-refractivity contribution in [1.82, 2.24) is 14.9 Å². The van der Waals surface area contributed by atoms with Gasteiger partial charge in [-0.05, 0) is 32.7 Å². The quantitative estimate of drug-likeness (QED) is 0.875. The number of nitrogens with one attached hydrogen (secondary N) is 1. The molecule has 0 amide bonds. The number of carboxylic acids is 1. The molecule has 1 aliphatic carbocycles. The Labute approximate surface area is 114 Å². The summed E-state index contributed by atoms with van der Waals surface area (Å²) in [7, 11) is 1.74. The molecule has 2 N–H and O–H groups in total. The van der Waals surface area contributed by atoms with Gasteiger partial charge < -0.3 is 15.0 Å². The van der Waals surface area contributed by atoms with Gasteiger partial charge in [0.05, 0.1) is 0 Å². The van der Waals surface area contributed by atoms with Gasteiger partial charge in [0.25, 0.3) is 0 Å². The van der Waals surface area contributed by atoms with E-state index in [0.29, 0.717) is 18.8 Å². The van der Waals surface area contributed by atoms with Crippen LogP contribution in [0.15, 0.2) is 12.4 Å². The highest BCUT2D eigenvalue weighted by molar-refractivity contribution is 5.79. The Bertz CT molecular complexity index is 455. The number of carbonyl (C=O) groups is 1. The van der Waals surface area contributed by atoms with Crippen LogP contribution < -0.4 is 5.32 Å². The highest BCUT2D eigenvalue weighted by atomic mass is 16.4. The van der Waals surface area contributed by atoms with Crippen molar-refractivity contribution in [2.75, 3.05) is 7.05 Å². The van der Waals surface area contributed by atoms with E-state index in [-0.39, 0.29) is 6.04 Å². The summed E-state index contributed by atoms with van der Waals surface area (Å²) < 4.78 is 2.17. The fraction of sp³-hybridized carbons (Fsp3) is 0.714. The van der Waals surface area contributed by atoms with E-state index in [1.54, 1.807) is 7.05 Å². The first kappa shape index (κ1) is 14.1.